The molecule has 0 bridgehead atoms. The van der Waals surface area contributed by atoms with Gasteiger partial charge in [-0.15, -0.1) is 0 Å². The summed E-state index contributed by atoms with van der Waals surface area (Å²) in [5.41, 5.74) is 4.50. The Balaban J connectivity index is 3.52. The maximum absolute atomic E-state index is 3.85. The van der Waals surface area contributed by atoms with Gasteiger partial charge in [-0.3, -0.25) is 0 Å². The van der Waals surface area contributed by atoms with Crippen molar-refractivity contribution in [2.45, 2.75) is 66.2 Å². The zero-order valence-electron chi connectivity index (χ0n) is 14.1. The van der Waals surface area contributed by atoms with Gasteiger partial charge in [0, 0.05) is 18.8 Å². The fourth-order valence-electron chi connectivity index (χ4n) is 2.92. The van der Waals surface area contributed by atoms with Crippen LogP contribution in [0.25, 0.3) is 0 Å². The highest BCUT2D eigenvalue weighted by atomic mass is 28.1. The normalized spacial score (nSPS) is 14.2. The Morgan fingerprint density at radius 3 is 1.85 bits per heavy atom. The number of hydrogen-bond donors (Lipinski definition) is 0. The molecular weight excluding hydrogens is 258 g/mol. The fourth-order valence-corrected chi connectivity index (χ4v) is 3.39. The van der Waals surface area contributed by atoms with E-state index in [1.54, 1.807) is 5.56 Å². The second kappa shape index (κ2) is 7.87. The quantitative estimate of drug-likeness (QED) is 0.674. The first kappa shape index (κ1) is 17.3. The molecule has 1 aromatic rings. The Hall–Kier alpha value is -0.763. The minimum Gasteiger partial charge on any atom is -0.372 e. The molecule has 0 spiro atoms. The van der Waals surface area contributed by atoms with Gasteiger partial charge in [-0.1, -0.05) is 38.9 Å². The monoisotopic (exact) mass is 288 g/mol. The van der Waals surface area contributed by atoms with E-state index in [-0.39, 0.29) is 0 Å². The molecular formula is C18H30NSi. The molecule has 2 unspecified atom stereocenters. The lowest BCUT2D eigenvalue weighted by Crippen LogP contribution is -2.27. The van der Waals surface area contributed by atoms with E-state index in [4.69, 9.17) is 0 Å². The van der Waals surface area contributed by atoms with Crippen LogP contribution in [-0.2, 0) is 0 Å². The Labute approximate surface area is 129 Å². The van der Waals surface area contributed by atoms with E-state index < -0.39 is 0 Å². The Bertz CT molecular complexity index is 424. The first-order valence-electron chi connectivity index (χ1n) is 8.14. The zero-order chi connectivity index (χ0) is 15.3. The first-order valence-corrected chi connectivity index (χ1v) is 8.64. The van der Waals surface area contributed by atoms with E-state index in [1.165, 1.54) is 29.3 Å². The van der Waals surface area contributed by atoms with Gasteiger partial charge in [0.25, 0.3) is 0 Å². The predicted octanol–water partition coefficient (Wildman–Crippen LogP) is 4.35. The highest BCUT2D eigenvalue weighted by molar-refractivity contribution is 6.33. The van der Waals surface area contributed by atoms with Crippen LogP contribution in [-0.4, -0.2) is 23.3 Å². The van der Waals surface area contributed by atoms with Crippen molar-refractivity contribution in [1.29, 1.82) is 0 Å². The van der Waals surface area contributed by atoms with Crippen molar-refractivity contribution < 1.29 is 0 Å². The molecule has 0 aliphatic rings. The molecule has 3 radical (unpaired) electrons. The summed E-state index contributed by atoms with van der Waals surface area (Å²) in [4.78, 5) is 2.49. The minimum atomic E-state index is 0.599. The van der Waals surface area contributed by atoms with Crippen LogP contribution in [0.3, 0.4) is 0 Å². The lowest BCUT2D eigenvalue weighted by atomic mass is 9.85. The number of anilines is 1. The van der Waals surface area contributed by atoms with Crippen LogP contribution in [0.1, 0.15) is 77.3 Å². The molecule has 0 amide bonds. The van der Waals surface area contributed by atoms with Crippen molar-refractivity contribution in [3.05, 3.63) is 23.3 Å². The number of benzene rings is 1. The van der Waals surface area contributed by atoms with Gasteiger partial charge in [0.15, 0.2) is 0 Å². The van der Waals surface area contributed by atoms with E-state index in [0.717, 1.165) is 13.1 Å². The third-order valence-corrected chi connectivity index (χ3v) is 5.01. The molecule has 1 rings (SSSR count). The molecule has 1 nitrogen and oxygen atoms in total. The lowest BCUT2D eigenvalue weighted by molar-refractivity contribution is 0.675. The molecule has 0 N–H and O–H groups in total. The molecule has 0 saturated heterocycles. The molecule has 2 heteroatoms. The minimum absolute atomic E-state index is 0.599. The standard InChI is InChI=1S/C18H30NSi/c1-7-13(5)17-15(19(9-3)10-4)11-12-16(20)18(17)14(6)8-2/h11-14H,7-10H2,1-6H3. The van der Waals surface area contributed by atoms with Crippen LogP contribution < -0.4 is 10.1 Å². The van der Waals surface area contributed by atoms with Crippen LogP contribution in [0.2, 0.25) is 0 Å². The maximum Gasteiger partial charge on any atom is 0.0716 e. The van der Waals surface area contributed by atoms with Gasteiger partial charge in [0.1, 0.15) is 0 Å². The summed E-state index contributed by atoms with van der Waals surface area (Å²) < 4.78 is 0. The molecule has 0 aliphatic carbocycles. The second-order valence-corrected chi connectivity index (χ2v) is 6.29. The third-order valence-electron chi connectivity index (χ3n) is 4.58. The van der Waals surface area contributed by atoms with E-state index in [0.29, 0.717) is 11.8 Å². The van der Waals surface area contributed by atoms with Crippen molar-refractivity contribution in [2.24, 2.45) is 0 Å². The van der Waals surface area contributed by atoms with Crippen molar-refractivity contribution >= 4 is 21.1 Å². The molecule has 0 aromatic heterocycles. The van der Waals surface area contributed by atoms with Crippen LogP contribution in [0, 0.1) is 0 Å². The van der Waals surface area contributed by atoms with Gasteiger partial charge in [-0.2, -0.15) is 0 Å². The van der Waals surface area contributed by atoms with Gasteiger partial charge in [-0.05, 0) is 55.7 Å². The molecule has 0 aliphatic heterocycles. The smallest absolute Gasteiger partial charge is 0.0716 e. The molecule has 1 aromatic carbocycles. The Morgan fingerprint density at radius 1 is 0.900 bits per heavy atom. The van der Waals surface area contributed by atoms with E-state index in [9.17, 15) is 0 Å². The highest BCUT2D eigenvalue weighted by Crippen LogP contribution is 2.36. The molecule has 0 heterocycles. The van der Waals surface area contributed by atoms with Crippen LogP contribution in [0.15, 0.2) is 12.1 Å². The van der Waals surface area contributed by atoms with Crippen molar-refractivity contribution in [3.8, 4) is 0 Å². The Morgan fingerprint density at radius 2 is 1.40 bits per heavy atom. The SMILES string of the molecule is CCC(C)c1c([Si])ccc(N(CC)CC)c1C(C)CC. The van der Waals surface area contributed by atoms with Crippen molar-refractivity contribution in [1.82, 2.24) is 0 Å². The first-order chi connectivity index (χ1) is 9.51. The van der Waals surface area contributed by atoms with Gasteiger partial charge in [0.05, 0.1) is 10.2 Å². The summed E-state index contributed by atoms with van der Waals surface area (Å²) in [7, 11) is 3.85. The molecule has 0 fully saturated rings. The fraction of sp³-hybridized carbons (Fsp3) is 0.667. The average molecular weight is 289 g/mol. The van der Waals surface area contributed by atoms with E-state index in [1.807, 2.05) is 0 Å². The second-order valence-electron chi connectivity index (χ2n) is 5.75. The Kier molecular flexibility index (Phi) is 6.80. The number of hydrogen-bond acceptors (Lipinski definition) is 1. The topological polar surface area (TPSA) is 3.24 Å². The summed E-state index contributed by atoms with van der Waals surface area (Å²) in [6, 6.07) is 4.53. The molecule has 20 heavy (non-hydrogen) atoms. The van der Waals surface area contributed by atoms with E-state index in [2.05, 4.69) is 68.8 Å². The summed E-state index contributed by atoms with van der Waals surface area (Å²) >= 11 is 0. The summed E-state index contributed by atoms with van der Waals surface area (Å²) in [5, 5.41) is 1.27. The van der Waals surface area contributed by atoms with Gasteiger partial charge >= 0.3 is 0 Å². The number of rotatable bonds is 7. The van der Waals surface area contributed by atoms with Gasteiger partial charge in [0.2, 0.25) is 0 Å². The molecule has 2 atom stereocenters. The highest BCUT2D eigenvalue weighted by Gasteiger charge is 2.21. The molecule has 111 valence electrons. The zero-order valence-corrected chi connectivity index (χ0v) is 15.1. The lowest BCUT2D eigenvalue weighted by Gasteiger charge is -2.31. The number of nitrogens with zero attached hydrogens (tertiary/aromatic N) is 1. The van der Waals surface area contributed by atoms with Gasteiger partial charge < -0.3 is 4.90 Å². The largest absolute Gasteiger partial charge is 0.372 e. The van der Waals surface area contributed by atoms with Gasteiger partial charge in [-0.25, -0.2) is 0 Å². The third kappa shape index (κ3) is 3.46. The predicted molar refractivity (Wildman–Crippen MR) is 92.8 cm³/mol. The summed E-state index contributed by atoms with van der Waals surface area (Å²) in [5.74, 6) is 1.20. The van der Waals surface area contributed by atoms with Crippen LogP contribution in [0.5, 0.6) is 0 Å². The van der Waals surface area contributed by atoms with Crippen LogP contribution in [0.4, 0.5) is 5.69 Å². The van der Waals surface area contributed by atoms with E-state index >= 15 is 0 Å². The summed E-state index contributed by atoms with van der Waals surface area (Å²) in [6.45, 7) is 15.9. The van der Waals surface area contributed by atoms with Crippen molar-refractivity contribution in [2.75, 3.05) is 18.0 Å². The average Bonchev–Trinajstić information content (AvgIpc) is 2.47. The van der Waals surface area contributed by atoms with Crippen molar-refractivity contribution in [3.63, 3.8) is 0 Å². The summed E-state index contributed by atoms with van der Waals surface area (Å²) in [6.07, 6.45) is 2.37. The van der Waals surface area contributed by atoms with Crippen LogP contribution >= 0.6 is 0 Å². The maximum atomic E-state index is 3.85. The molecule has 0 saturated carbocycles.